The number of thioether (sulfide) groups is 1. The average Bonchev–Trinajstić information content (AvgIpc) is 3.42. The topological polar surface area (TPSA) is 98.5 Å². The van der Waals surface area contributed by atoms with Crippen LogP contribution in [0.2, 0.25) is 0 Å². The lowest BCUT2D eigenvalue weighted by Gasteiger charge is -2.08. The van der Waals surface area contributed by atoms with E-state index in [4.69, 9.17) is 0 Å². The van der Waals surface area contributed by atoms with E-state index in [0.717, 1.165) is 22.0 Å². The van der Waals surface area contributed by atoms with E-state index < -0.39 is 0 Å². The van der Waals surface area contributed by atoms with Crippen LogP contribution in [0.5, 0.6) is 0 Å². The maximum absolute atomic E-state index is 12.8. The summed E-state index contributed by atoms with van der Waals surface area (Å²) < 4.78 is 1.70. The summed E-state index contributed by atoms with van der Waals surface area (Å²) in [6.07, 6.45) is 0.788. The molecule has 0 saturated heterocycles. The van der Waals surface area contributed by atoms with Crippen molar-refractivity contribution >= 4 is 34.1 Å². The second kappa shape index (κ2) is 8.93. The third kappa shape index (κ3) is 4.49. The van der Waals surface area contributed by atoms with Crippen LogP contribution in [0.15, 0.2) is 59.5 Å². The van der Waals surface area contributed by atoms with Gasteiger partial charge in [0.05, 0.1) is 17.0 Å². The average molecular weight is 424 g/mol. The number of hydrogen-bond donors (Lipinski definition) is 1. The molecule has 0 aliphatic rings. The van der Waals surface area contributed by atoms with Crippen LogP contribution in [0.3, 0.4) is 0 Å². The highest BCUT2D eigenvalue weighted by molar-refractivity contribution is 7.98. The van der Waals surface area contributed by atoms with Crippen LogP contribution in [0.25, 0.3) is 5.69 Å². The quantitative estimate of drug-likeness (QED) is 0.453. The maximum Gasteiger partial charge on any atom is 0.258 e. The van der Waals surface area contributed by atoms with E-state index in [0.29, 0.717) is 22.3 Å². The van der Waals surface area contributed by atoms with E-state index in [-0.39, 0.29) is 5.91 Å². The van der Waals surface area contributed by atoms with Crippen molar-refractivity contribution in [2.45, 2.75) is 24.0 Å². The van der Waals surface area contributed by atoms with Gasteiger partial charge >= 0.3 is 0 Å². The number of rotatable bonds is 7. The molecule has 0 atom stereocenters. The number of tetrazole rings is 1. The van der Waals surface area contributed by atoms with Gasteiger partial charge in [0.1, 0.15) is 5.01 Å². The van der Waals surface area contributed by atoms with Crippen molar-refractivity contribution in [2.75, 3.05) is 5.32 Å². The van der Waals surface area contributed by atoms with Crippen LogP contribution in [0.1, 0.15) is 28.1 Å². The molecule has 29 heavy (non-hydrogen) atoms. The Labute approximate surface area is 175 Å². The Kier molecular flexibility index (Phi) is 5.92. The van der Waals surface area contributed by atoms with Crippen molar-refractivity contribution in [1.82, 2.24) is 30.4 Å². The molecule has 0 saturated carbocycles. The predicted octanol–water partition coefficient (Wildman–Crippen LogP) is 3.62. The first kappa shape index (κ1) is 19.2. The van der Waals surface area contributed by atoms with Crippen LogP contribution in [-0.2, 0) is 12.2 Å². The van der Waals surface area contributed by atoms with Gasteiger partial charge in [0.15, 0.2) is 5.82 Å². The second-order valence-electron chi connectivity index (χ2n) is 5.94. The predicted molar refractivity (Wildman–Crippen MR) is 112 cm³/mol. The molecule has 0 aliphatic heterocycles. The number of carbonyl (C=O) groups excluding carboxylic acids is 1. The van der Waals surface area contributed by atoms with Crippen molar-refractivity contribution < 1.29 is 4.79 Å². The summed E-state index contributed by atoms with van der Waals surface area (Å²) in [4.78, 5) is 13.6. The fraction of sp³-hybridized carbons (Fsp3) is 0.158. The number of nitrogens with one attached hydrogen (secondary N) is 1. The zero-order valence-corrected chi connectivity index (χ0v) is 17.2. The molecule has 8 nitrogen and oxygen atoms in total. The summed E-state index contributed by atoms with van der Waals surface area (Å²) in [6.45, 7) is 2.00. The standard InChI is InChI=1S/C19H17N7OS2/c1-2-17-22-23-19(29-17)20-18(27)14-10-6-7-11-15(14)28-12-16-21-24-25-26(16)13-8-4-3-5-9-13/h3-11H,2,12H2,1H3,(H,20,23,27). The normalized spacial score (nSPS) is 10.8. The molecule has 0 fully saturated rings. The van der Waals surface area contributed by atoms with Gasteiger partial charge in [-0.1, -0.05) is 48.6 Å². The summed E-state index contributed by atoms with van der Waals surface area (Å²) in [5.74, 6) is 1.01. The van der Waals surface area contributed by atoms with E-state index in [2.05, 4.69) is 31.0 Å². The summed E-state index contributed by atoms with van der Waals surface area (Å²) in [5, 5.41) is 24.3. The van der Waals surface area contributed by atoms with E-state index >= 15 is 0 Å². The van der Waals surface area contributed by atoms with Crippen molar-refractivity contribution in [3.63, 3.8) is 0 Å². The highest BCUT2D eigenvalue weighted by Crippen LogP contribution is 2.27. The van der Waals surface area contributed by atoms with Gasteiger partial charge in [-0.3, -0.25) is 10.1 Å². The lowest BCUT2D eigenvalue weighted by molar-refractivity contribution is 0.102. The molecule has 2 heterocycles. The van der Waals surface area contributed by atoms with Gasteiger partial charge in [-0.25, -0.2) is 0 Å². The fourth-order valence-corrected chi connectivity index (χ4v) is 4.23. The summed E-state index contributed by atoms with van der Waals surface area (Å²) in [7, 11) is 0. The van der Waals surface area contributed by atoms with Crippen LogP contribution >= 0.6 is 23.1 Å². The van der Waals surface area contributed by atoms with Gasteiger partial charge in [0, 0.05) is 4.90 Å². The first-order valence-corrected chi connectivity index (χ1v) is 10.7. The summed E-state index contributed by atoms with van der Waals surface area (Å²) in [5.41, 5.74) is 1.46. The van der Waals surface area contributed by atoms with E-state index in [1.807, 2.05) is 55.5 Å². The number of carbonyl (C=O) groups is 1. The minimum Gasteiger partial charge on any atom is -0.296 e. The monoisotopic (exact) mass is 423 g/mol. The molecule has 4 rings (SSSR count). The highest BCUT2D eigenvalue weighted by Gasteiger charge is 2.15. The molecule has 0 spiro atoms. The molecule has 0 aliphatic carbocycles. The number of aryl methyl sites for hydroxylation is 1. The van der Waals surface area contributed by atoms with Gasteiger partial charge in [-0.15, -0.1) is 27.1 Å². The minimum absolute atomic E-state index is 0.213. The van der Waals surface area contributed by atoms with E-state index in [1.165, 1.54) is 23.1 Å². The van der Waals surface area contributed by atoms with Crippen molar-refractivity contribution in [2.24, 2.45) is 0 Å². The third-order valence-corrected chi connectivity index (χ3v) is 6.07. The first-order valence-electron chi connectivity index (χ1n) is 8.93. The molecule has 0 radical (unpaired) electrons. The molecule has 0 unspecified atom stereocenters. The number of benzene rings is 2. The lowest BCUT2D eigenvalue weighted by Crippen LogP contribution is -2.13. The van der Waals surface area contributed by atoms with Crippen LogP contribution < -0.4 is 5.32 Å². The molecule has 0 bridgehead atoms. The lowest BCUT2D eigenvalue weighted by atomic mass is 10.2. The Morgan fingerprint density at radius 2 is 1.86 bits per heavy atom. The first-order chi connectivity index (χ1) is 14.2. The third-order valence-electron chi connectivity index (χ3n) is 4.01. The Bertz CT molecular complexity index is 1110. The van der Waals surface area contributed by atoms with Gasteiger partial charge < -0.3 is 0 Å². The Morgan fingerprint density at radius 1 is 1.07 bits per heavy atom. The van der Waals surface area contributed by atoms with E-state index in [9.17, 15) is 4.79 Å². The Balaban J connectivity index is 1.50. The molecule has 4 aromatic rings. The molecule has 10 heteroatoms. The fourth-order valence-electron chi connectivity index (χ4n) is 2.60. The molecular formula is C19H17N7OS2. The number of anilines is 1. The molecule has 1 N–H and O–H groups in total. The highest BCUT2D eigenvalue weighted by atomic mass is 32.2. The van der Waals surface area contributed by atoms with Crippen molar-refractivity contribution in [3.8, 4) is 5.69 Å². The SMILES string of the molecule is CCc1nnc(NC(=O)c2ccccc2SCc2nnnn2-c2ccccc2)s1. The smallest absolute Gasteiger partial charge is 0.258 e. The van der Waals surface area contributed by atoms with Gasteiger partial charge in [0.25, 0.3) is 5.91 Å². The number of para-hydroxylation sites is 1. The summed E-state index contributed by atoms with van der Waals surface area (Å²) >= 11 is 2.89. The van der Waals surface area contributed by atoms with E-state index in [1.54, 1.807) is 10.7 Å². The molecule has 2 aromatic carbocycles. The number of hydrogen-bond acceptors (Lipinski definition) is 8. The van der Waals surface area contributed by atoms with Crippen LogP contribution in [-0.4, -0.2) is 36.3 Å². The van der Waals surface area contributed by atoms with Crippen molar-refractivity contribution in [3.05, 3.63) is 71.0 Å². The minimum atomic E-state index is -0.213. The number of amides is 1. The molecular weight excluding hydrogens is 406 g/mol. The van der Waals surface area contributed by atoms with Crippen molar-refractivity contribution in [1.29, 1.82) is 0 Å². The van der Waals surface area contributed by atoms with Gasteiger partial charge in [-0.2, -0.15) is 4.68 Å². The number of aromatic nitrogens is 6. The second-order valence-corrected chi connectivity index (χ2v) is 8.02. The Morgan fingerprint density at radius 3 is 2.66 bits per heavy atom. The van der Waals surface area contributed by atoms with Crippen LogP contribution in [0, 0.1) is 0 Å². The molecule has 146 valence electrons. The number of nitrogens with zero attached hydrogens (tertiary/aromatic N) is 6. The molecule has 2 aromatic heterocycles. The Hall–Kier alpha value is -3.11. The maximum atomic E-state index is 12.8. The zero-order valence-electron chi connectivity index (χ0n) is 15.5. The van der Waals surface area contributed by atoms with Gasteiger partial charge in [-0.05, 0) is 41.1 Å². The van der Waals surface area contributed by atoms with Crippen LogP contribution in [0.4, 0.5) is 5.13 Å². The van der Waals surface area contributed by atoms with Gasteiger partial charge in [0.2, 0.25) is 5.13 Å². The summed E-state index contributed by atoms with van der Waals surface area (Å²) in [6, 6.07) is 17.1. The zero-order chi connectivity index (χ0) is 20.1. The largest absolute Gasteiger partial charge is 0.296 e. The molecule has 1 amide bonds.